The molecule has 0 spiro atoms. The van der Waals surface area contributed by atoms with E-state index in [2.05, 4.69) is 66.4 Å². The number of allylic oxidation sites excluding steroid dienone is 4. The Labute approximate surface area is 186 Å². The summed E-state index contributed by atoms with van der Waals surface area (Å²) in [7, 11) is 0. The van der Waals surface area contributed by atoms with Gasteiger partial charge in [0, 0.05) is 17.6 Å². The second-order valence-electron chi connectivity index (χ2n) is 8.42. The highest BCUT2D eigenvalue weighted by Crippen LogP contribution is 2.46. The number of benzene rings is 1. The number of aryl methyl sites for hydroxylation is 1. The fourth-order valence-corrected chi connectivity index (χ4v) is 6.06. The van der Waals surface area contributed by atoms with Crippen molar-refractivity contribution in [1.29, 1.82) is 0 Å². The molecule has 0 radical (unpaired) electrons. The first-order valence-corrected chi connectivity index (χ1v) is 12.6. The molecule has 2 aliphatic rings. The van der Waals surface area contributed by atoms with E-state index in [1.54, 1.807) is 0 Å². The van der Waals surface area contributed by atoms with Gasteiger partial charge in [0.1, 0.15) is 0 Å². The van der Waals surface area contributed by atoms with Crippen LogP contribution in [0.25, 0.3) is 0 Å². The molecular weight excluding hydrogens is 392 g/mol. The van der Waals surface area contributed by atoms with Gasteiger partial charge in [0.05, 0.1) is 12.2 Å². The largest absolute Gasteiger partial charge is 0.481 e. The van der Waals surface area contributed by atoms with Crippen molar-refractivity contribution in [3.05, 3.63) is 60.2 Å². The van der Waals surface area contributed by atoms with Crippen molar-refractivity contribution in [2.45, 2.75) is 81.7 Å². The first-order chi connectivity index (χ1) is 14.7. The Morgan fingerprint density at radius 2 is 1.73 bits per heavy atom. The number of fused-ring (bicyclic) bond motifs is 2. The van der Waals surface area contributed by atoms with Crippen LogP contribution in [0.5, 0.6) is 0 Å². The maximum Gasteiger partial charge on any atom is 0.303 e. The lowest BCUT2D eigenvalue weighted by Crippen LogP contribution is -2.29. The van der Waals surface area contributed by atoms with Gasteiger partial charge in [-0.25, -0.2) is 0 Å². The number of carboxylic acids is 1. The Balaban J connectivity index is 1.29. The molecule has 0 aliphatic carbocycles. The minimum atomic E-state index is -0.702. The molecule has 2 saturated heterocycles. The van der Waals surface area contributed by atoms with Crippen LogP contribution in [-0.4, -0.2) is 34.3 Å². The van der Waals surface area contributed by atoms with Crippen LogP contribution in [0.2, 0.25) is 0 Å². The normalized spacial score (nSPS) is 25.6. The Hall–Kier alpha value is -1.52. The summed E-state index contributed by atoms with van der Waals surface area (Å²) in [5.41, 5.74) is 1.43. The van der Waals surface area contributed by atoms with Crippen LogP contribution in [0.3, 0.4) is 0 Å². The number of ether oxygens (including phenoxy) is 1. The lowest BCUT2D eigenvalue weighted by atomic mass is 9.86. The van der Waals surface area contributed by atoms with E-state index in [0.29, 0.717) is 23.4 Å². The van der Waals surface area contributed by atoms with Gasteiger partial charge in [-0.05, 0) is 69.1 Å². The highest BCUT2D eigenvalue weighted by atomic mass is 32.2. The molecule has 30 heavy (non-hydrogen) atoms. The number of hydrogen-bond donors (Lipinski definition) is 1. The highest BCUT2D eigenvalue weighted by Gasteiger charge is 2.48. The first-order valence-electron chi connectivity index (χ1n) is 11.6. The number of carbonyl (C=O) groups is 1. The Morgan fingerprint density at radius 3 is 2.57 bits per heavy atom. The summed E-state index contributed by atoms with van der Waals surface area (Å²) in [4.78, 5) is 10.6. The lowest BCUT2D eigenvalue weighted by molar-refractivity contribution is -0.137. The molecule has 1 aromatic carbocycles. The number of carboxylic acid groups (broad SMARTS) is 1. The average molecular weight is 429 g/mol. The molecule has 1 aromatic rings. The predicted octanol–water partition coefficient (Wildman–Crippen LogP) is 6.44. The minimum absolute atomic E-state index is 0.264. The lowest BCUT2D eigenvalue weighted by Gasteiger charge is -2.26. The third kappa shape index (κ3) is 7.63. The Morgan fingerprint density at radius 1 is 1.00 bits per heavy atom. The third-order valence-corrected chi connectivity index (χ3v) is 7.64. The standard InChI is InChI=1S/C26H36O3S/c27-25(28)17-11-4-3-10-16-22-23-18-19-24(29-23)26(22)30-20-12-5-1-2-7-13-21-14-8-6-9-15-21/h1,3,5-6,8-10,14-15,22-24,26H,2,4,7,11-13,16-20H2,(H,27,28)/b5-1?,10-3-/t22-,23+,24-,26-/m0/s1. The molecule has 2 heterocycles. The van der Waals surface area contributed by atoms with E-state index in [1.807, 2.05) is 0 Å². The molecule has 3 nitrogen and oxygen atoms in total. The summed E-state index contributed by atoms with van der Waals surface area (Å²) >= 11 is 2.10. The van der Waals surface area contributed by atoms with Gasteiger partial charge >= 0.3 is 5.97 Å². The molecule has 0 unspecified atom stereocenters. The Kier molecular flexibility index (Phi) is 10.0. The fraction of sp³-hybridized carbons (Fsp3) is 0.577. The monoisotopic (exact) mass is 428 g/mol. The number of hydrogen-bond acceptors (Lipinski definition) is 3. The van der Waals surface area contributed by atoms with E-state index in [-0.39, 0.29) is 6.42 Å². The molecule has 4 atom stereocenters. The zero-order valence-electron chi connectivity index (χ0n) is 18.0. The van der Waals surface area contributed by atoms with E-state index in [1.165, 1.54) is 30.6 Å². The zero-order valence-corrected chi connectivity index (χ0v) is 18.8. The average Bonchev–Trinajstić information content (AvgIpc) is 3.35. The second kappa shape index (κ2) is 13.0. The zero-order chi connectivity index (χ0) is 21.0. The van der Waals surface area contributed by atoms with E-state index in [9.17, 15) is 4.79 Å². The third-order valence-electron chi connectivity index (χ3n) is 6.13. The van der Waals surface area contributed by atoms with Crippen molar-refractivity contribution in [2.75, 3.05) is 5.75 Å². The quantitative estimate of drug-likeness (QED) is 0.274. The predicted molar refractivity (Wildman–Crippen MR) is 126 cm³/mol. The summed E-state index contributed by atoms with van der Waals surface area (Å²) < 4.78 is 6.21. The molecule has 1 N–H and O–H groups in total. The summed E-state index contributed by atoms with van der Waals surface area (Å²) in [6, 6.07) is 10.7. The maximum atomic E-state index is 10.6. The molecule has 2 aliphatic heterocycles. The topological polar surface area (TPSA) is 46.5 Å². The van der Waals surface area contributed by atoms with Crippen LogP contribution in [0.1, 0.15) is 63.4 Å². The molecule has 0 saturated carbocycles. The van der Waals surface area contributed by atoms with Crippen LogP contribution >= 0.6 is 11.8 Å². The Bertz CT molecular complexity index is 685. The van der Waals surface area contributed by atoms with E-state index in [0.717, 1.165) is 38.5 Å². The maximum absolute atomic E-state index is 10.6. The molecule has 4 heteroatoms. The van der Waals surface area contributed by atoms with E-state index in [4.69, 9.17) is 9.84 Å². The minimum Gasteiger partial charge on any atom is -0.481 e. The van der Waals surface area contributed by atoms with Gasteiger partial charge in [0.25, 0.3) is 0 Å². The number of thioether (sulfide) groups is 1. The second-order valence-corrected chi connectivity index (χ2v) is 9.71. The van der Waals surface area contributed by atoms with Crippen molar-refractivity contribution < 1.29 is 14.6 Å². The van der Waals surface area contributed by atoms with Gasteiger partial charge in [-0.3, -0.25) is 4.79 Å². The first kappa shape index (κ1) is 23.1. The highest BCUT2D eigenvalue weighted by molar-refractivity contribution is 8.00. The van der Waals surface area contributed by atoms with Crippen molar-refractivity contribution in [3.63, 3.8) is 0 Å². The van der Waals surface area contributed by atoms with Gasteiger partial charge in [-0.15, -0.1) is 0 Å². The summed E-state index contributed by atoms with van der Waals surface area (Å²) in [5.74, 6) is 1.09. The molecule has 2 fully saturated rings. The smallest absolute Gasteiger partial charge is 0.303 e. The van der Waals surface area contributed by atoms with Crippen molar-refractivity contribution in [1.82, 2.24) is 0 Å². The number of rotatable bonds is 14. The van der Waals surface area contributed by atoms with Gasteiger partial charge in [0.2, 0.25) is 0 Å². The van der Waals surface area contributed by atoms with Gasteiger partial charge in [-0.1, -0.05) is 54.6 Å². The molecule has 0 amide bonds. The van der Waals surface area contributed by atoms with Gasteiger partial charge in [-0.2, -0.15) is 11.8 Å². The van der Waals surface area contributed by atoms with Gasteiger partial charge < -0.3 is 9.84 Å². The molecule has 2 bridgehead atoms. The van der Waals surface area contributed by atoms with Crippen molar-refractivity contribution >= 4 is 17.7 Å². The molecule has 0 aromatic heterocycles. The van der Waals surface area contributed by atoms with Crippen molar-refractivity contribution in [3.8, 4) is 0 Å². The van der Waals surface area contributed by atoms with E-state index < -0.39 is 5.97 Å². The molecule has 3 rings (SSSR count). The van der Waals surface area contributed by atoms with Crippen LogP contribution in [-0.2, 0) is 16.0 Å². The summed E-state index contributed by atoms with van der Waals surface area (Å²) in [6.07, 6.45) is 20.0. The van der Waals surface area contributed by atoms with Gasteiger partial charge in [0.15, 0.2) is 0 Å². The molecular formula is C26H36O3S. The van der Waals surface area contributed by atoms with E-state index >= 15 is 0 Å². The summed E-state index contributed by atoms with van der Waals surface area (Å²) in [6.45, 7) is 0. The fourth-order valence-electron chi connectivity index (χ4n) is 4.57. The van der Waals surface area contributed by atoms with Crippen molar-refractivity contribution in [2.24, 2.45) is 5.92 Å². The SMILES string of the molecule is O=C(O)CCC/C=C\C[C@@H]1[C@H](SCCC=CCCCc2ccccc2)[C@@H]2CC[C@H]1O2. The molecule has 164 valence electrons. The summed E-state index contributed by atoms with van der Waals surface area (Å²) in [5, 5.41) is 9.34. The van der Waals surface area contributed by atoms with Crippen LogP contribution in [0, 0.1) is 5.92 Å². The van der Waals surface area contributed by atoms with Crippen LogP contribution < -0.4 is 0 Å². The number of aliphatic carboxylic acids is 1. The van der Waals surface area contributed by atoms with Crippen LogP contribution in [0.15, 0.2) is 54.6 Å². The number of unbranched alkanes of at least 4 members (excludes halogenated alkanes) is 2. The van der Waals surface area contributed by atoms with Crippen LogP contribution in [0.4, 0.5) is 0 Å².